The molecule has 0 saturated heterocycles. The molecule has 0 aliphatic carbocycles. The smallest absolute Gasteiger partial charge is 0.251 e. The van der Waals surface area contributed by atoms with Crippen molar-refractivity contribution in [3.63, 3.8) is 0 Å². The molecule has 2 aliphatic rings. The Bertz CT molecular complexity index is 1920. The van der Waals surface area contributed by atoms with Crippen LogP contribution in [-0.2, 0) is 34.1 Å². The summed E-state index contributed by atoms with van der Waals surface area (Å²) in [7, 11) is -3.50. The number of aryl methyl sites for hydroxylation is 1. The van der Waals surface area contributed by atoms with Gasteiger partial charge in [0.25, 0.3) is 5.91 Å². The van der Waals surface area contributed by atoms with Crippen molar-refractivity contribution < 1.29 is 17.9 Å². The third kappa shape index (κ3) is 5.03. The highest BCUT2D eigenvalue weighted by atomic mass is 32.2. The molecule has 4 heterocycles. The van der Waals surface area contributed by atoms with Crippen molar-refractivity contribution in [3.8, 4) is 11.1 Å². The van der Waals surface area contributed by atoms with Crippen molar-refractivity contribution in [2.24, 2.45) is 0 Å². The topological polar surface area (TPSA) is 117 Å². The number of anilines is 2. The SMILES string of the molecule is O=C(NCc1cc2cc(N3CCCc4cc(-c5cn[nH]c5)ccc43)ccc2cn1)c1ccc2c(c1)S(=O)(=O)CCOC2. The second-order valence-corrected chi connectivity index (χ2v) is 12.7. The first-order valence-corrected chi connectivity index (χ1v) is 15.6. The van der Waals surface area contributed by atoms with Gasteiger partial charge in [0.2, 0.25) is 0 Å². The van der Waals surface area contributed by atoms with Crippen LogP contribution in [0.4, 0.5) is 11.4 Å². The number of carbonyl (C=O) groups excluding carboxylic acids is 1. The van der Waals surface area contributed by atoms with E-state index in [1.807, 2.05) is 24.7 Å². The summed E-state index contributed by atoms with van der Waals surface area (Å²) in [5.41, 5.74) is 7.45. The van der Waals surface area contributed by atoms with Crippen LogP contribution in [0.3, 0.4) is 0 Å². The number of aromatic amines is 1. The van der Waals surface area contributed by atoms with Gasteiger partial charge in [-0.1, -0.05) is 18.2 Å². The number of pyridine rings is 1. The molecule has 3 aromatic carbocycles. The minimum Gasteiger partial charge on any atom is -0.376 e. The molecule has 212 valence electrons. The van der Waals surface area contributed by atoms with Gasteiger partial charge in [-0.05, 0) is 77.4 Å². The number of rotatable bonds is 5. The number of hydrogen-bond acceptors (Lipinski definition) is 7. The van der Waals surface area contributed by atoms with Crippen molar-refractivity contribution in [2.45, 2.75) is 30.9 Å². The maximum absolute atomic E-state index is 13.0. The molecule has 2 aliphatic heterocycles. The highest BCUT2D eigenvalue weighted by molar-refractivity contribution is 7.91. The fourth-order valence-corrected chi connectivity index (χ4v) is 7.12. The molecule has 0 atom stereocenters. The molecule has 7 rings (SSSR count). The first-order chi connectivity index (χ1) is 20.4. The monoisotopic (exact) mass is 579 g/mol. The molecular formula is C32H29N5O4S. The number of benzene rings is 3. The zero-order chi connectivity index (χ0) is 28.7. The van der Waals surface area contributed by atoms with Crippen LogP contribution in [0.2, 0.25) is 0 Å². The molecule has 2 N–H and O–H groups in total. The second kappa shape index (κ2) is 10.7. The van der Waals surface area contributed by atoms with Crippen LogP contribution in [0, 0.1) is 0 Å². The van der Waals surface area contributed by atoms with Crippen LogP contribution in [0.1, 0.15) is 33.6 Å². The van der Waals surface area contributed by atoms with Gasteiger partial charge in [0.05, 0.1) is 42.3 Å². The molecule has 0 unspecified atom stereocenters. The summed E-state index contributed by atoms with van der Waals surface area (Å²) in [6.07, 6.45) is 7.66. The number of sulfone groups is 1. The summed E-state index contributed by atoms with van der Waals surface area (Å²) in [5.74, 6) is -0.447. The highest BCUT2D eigenvalue weighted by Crippen LogP contribution is 2.37. The van der Waals surface area contributed by atoms with Crippen molar-refractivity contribution in [3.05, 3.63) is 102 Å². The van der Waals surface area contributed by atoms with Gasteiger partial charge < -0.3 is 15.0 Å². The number of hydrogen-bond donors (Lipinski definition) is 2. The lowest BCUT2D eigenvalue weighted by molar-refractivity contribution is 0.0950. The van der Waals surface area contributed by atoms with E-state index >= 15 is 0 Å². The van der Waals surface area contributed by atoms with E-state index in [-0.39, 0.29) is 36.3 Å². The number of nitrogens with zero attached hydrogens (tertiary/aromatic N) is 3. The van der Waals surface area contributed by atoms with Gasteiger partial charge in [0.15, 0.2) is 9.84 Å². The molecule has 0 bridgehead atoms. The average Bonchev–Trinajstić information content (AvgIpc) is 3.51. The summed E-state index contributed by atoms with van der Waals surface area (Å²) in [6, 6.07) is 19.7. The molecule has 9 nitrogen and oxygen atoms in total. The molecule has 1 amide bonds. The molecule has 10 heteroatoms. The van der Waals surface area contributed by atoms with Gasteiger partial charge in [0, 0.05) is 46.8 Å². The number of nitrogens with one attached hydrogen (secondary N) is 2. The van der Waals surface area contributed by atoms with Gasteiger partial charge in [-0.25, -0.2) is 8.42 Å². The molecule has 0 fully saturated rings. The molecule has 0 radical (unpaired) electrons. The molecule has 0 saturated carbocycles. The first kappa shape index (κ1) is 26.4. The van der Waals surface area contributed by atoms with E-state index in [9.17, 15) is 13.2 Å². The van der Waals surface area contributed by atoms with Crippen LogP contribution >= 0.6 is 0 Å². The first-order valence-electron chi connectivity index (χ1n) is 13.9. The van der Waals surface area contributed by atoms with E-state index in [1.165, 1.54) is 17.3 Å². The standard InChI is InChI=1S/C32H29N5O4S/c38-32(23-3-4-25-20-41-10-11-42(39,40)31(25)15-23)34-19-28-13-26-14-29(7-5-24(26)16-33-28)37-9-1-2-22-12-21(6-8-30(22)37)27-17-35-36-18-27/h3-8,12-18H,1-2,9-11,19-20H2,(H,34,38)(H,35,36). The fourth-order valence-electron chi connectivity index (χ4n) is 5.73. The van der Waals surface area contributed by atoms with Crippen LogP contribution in [-0.4, -0.2) is 48.4 Å². The minimum absolute atomic E-state index is 0.0938. The largest absolute Gasteiger partial charge is 0.376 e. The van der Waals surface area contributed by atoms with Crippen molar-refractivity contribution in [2.75, 3.05) is 23.8 Å². The Morgan fingerprint density at radius 3 is 2.79 bits per heavy atom. The Hall–Kier alpha value is -4.54. The van der Waals surface area contributed by atoms with Gasteiger partial charge in [0.1, 0.15) is 0 Å². The van der Waals surface area contributed by atoms with E-state index < -0.39 is 9.84 Å². The predicted octanol–water partition coefficient (Wildman–Crippen LogP) is 4.94. The zero-order valence-electron chi connectivity index (χ0n) is 22.8. The second-order valence-electron chi connectivity index (χ2n) is 10.7. The third-order valence-corrected chi connectivity index (χ3v) is 9.71. The summed E-state index contributed by atoms with van der Waals surface area (Å²) in [4.78, 5) is 20.0. The highest BCUT2D eigenvalue weighted by Gasteiger charge is 2.24. The van der Waals surface area contributed by atoms with Gasteiger partial charge in [-0.2, -0.15) is 5.10 Å². The Kier molecular flexibility index (Phi) is 6.72. The Balaban J connectivity index is 1.11. The number of ether oxygens (including phenoxy) is 1. The normalized spacial score (nSPS) is 16.0. The van der Waals surface area contributed by atoms with E-state index in [0.29, 0.717) is 16.8 Å². The summed E-state index contributed by atoms with van der Waals surface area (Å²) in [6.45, 7) is 1.51. The van der Waals surface area contributed by atoms with E-state index in [0.717, 1.165) is 47.0 Å². The molecule has 0 spiro atoms. The third-order valence-electron chi connectivity index (χ3n) is 7.95. The van der Waals surface area contributed by atoms with Crippen LogP contribution in [0.15, 0.2) is 84.1 Å². The summed E-state index contributed by atoms with van der Waals surface area (Å²) in [5, 5.41) is 11.9. The molecule has 2 aromatic heterocycles. The lowest BCUT2D eigenvalue weighted by atomic mass is 9.96. The minimum atomic E-state index is -3.50. The quantitative estimate of drug-likeness (QED) is 0.303. The Morgan fingerprint density at radius 1 is 0.976 bits per heavy atom. The van der Waals surface area contributed by atoms with Gasteiger partial charge >= 0.3 is 0 Å². The van der Waals surface area contributed by atoms with Crippen LogP contribution in [0.25, 0.3) is 21.9 Å². The van der Waals surface area contributed by atoms with Gasteiger partial charge in [-0.15, -0.1) is 0 Å². The Labute approximate surface area is 243 Å². The Morgan fingerprint density at radius 2 is 1.90 bits per heavy atom. The van der Waals surface area contributed by atoms with E-state index in [1.54, 1.807) is 12.1 Å². The van der Waals surface area contributed by atoms with E-state index in [4.69, 9.17) is 4.74 Å². The number of aromatic nitrogens is 3. The number of carbonyl (C=O) groups is 1. The molecule has 5 aromatic rings. The van der Waals surface area contributed by atoms with Crippen molar-refractivity contribution in [1.82, 2.24) is 20.5 Å². The van der Waals surface area contributed by atoms with E-state index in [2.05, 4.69) is 61.8 Å². The number of amides is 1. The zero-order valence-corrected chi connectivity index (χ0v) is 23.7. The van der Waals surface area contributed by atoms with Crippen molar-refractivity contribution in [1.29, 1.82) is 0 Å². The summed E-state index contributed by atoms with van der Waals surface area (Å²) < 4.78 is 30.6. The maximum atomic E-state index is 13.0. The average molecular weight is 580 g/mol. The number of H-pyrrole nitrogens is 1. The van der Waals surface area contributed by atoms with Crippen molar-refractivity contribution >= 4 is 37.9 Å². The number of fused-ring (bicyclic) bond motifs is 3. The molecular weight excluding hydrogens is 550 g/mol. The lowest BCUT2D eigenvalue weighted by Crippen LogP contribution is -2.24. The predicted molar refractivity (Wildman–Crippen MR) is 160 cm³/mol. The summed E-state index contributed by atoms with van der Waals surface area (Å²) >= 11 is 0. The maximum Gasteiger partial charge on any atom is 0.251 e. The molecule has 42 heavy (non-hydrogen) atoms. The lowest BCUT2D eigenvalue weighted by Gasteiger charge is -2.32. The van der Waals surface area contributed by atoms with Gasteiger partial charge in [-0.3, -0.25) is 14.9 Å². The van der Waals surface area contributed by atoms with Crippen LogP contribution in [0.5, 0.6) is 0 Å². The fraction of sp³-hybridized carbons (Fsp3) is 0.219. The van der Waals surface area contributed by atoms with Crippen LogP contribution < -0.4 is 10.2 Å².